The fraction of sp³-hybridized carbons (Fsp3) is 0.312. The molecule has 1 aromatic heterocycles. The summed E-state index contributed by atoms with van der Waals surface area (Å²) >= 11 is 1.52. The number of aliphatic hydroxyl groups is 1. The highest BCUT2D eigenvalue weighted by molar-refractivity contribution is 7.08. The number of fused-ring (bicyclic) bond motifs is 1. The van der Waals surface area contributed by atoms with Crippen LogP contribution in [-0.4, -0.2) is 24.2 Å². The Bertz CT molecular complexity index is 637. The SMILES string of the molecule is C[C@@](O)(CNC(=O)[C@@H]1COc2ccccc21)c1ccsc1. The van der Waals surface area contributed by atoms with Crippen LogP contribution in [0.2, 0.25) is 0 Å². The van der Waals surface area contributed by atoms with Crippen molar-refractivity contribution in [2.24, 2.45) is 0 Å². The fourth-order valence-electron chi connectivity index (χ4n) is 2.44. The lowest BCUT2D eigenvalue weighted by Crippen LogP contribution is -2.40. The van der Waals surface area contributed by atoms with Crippen LogP contribution in [0.5, 0.6) is 5.75 Å². The molecule has 3 rings (SSSR count). The number of hydrogen-bond acceptors (Lipinski definition) is 4. The van der Waals surface area contributed by atoms with E-state index >= 15 is 0 Å². The topological polar surface area (TPSA) is 58.6 Å². The van der Waals surface area contributed by atoms with Crippen molar-refractivity contribution in [2.45, 2.75) is 18.4 Å². The van der Waals surface area contributed by atoms with E-state index < -0.39 is 5.60 Å². The maximum atomic E-state index is 12.3. The lowest BCUT2D eigenvalue weighted by Gasteiger charge is -2.23. The molecule has 0 spiro atoms. The summed E-state index contributed by atoms with van der Waals surface area (Å²) in [6.07, 6.45) is 0. The molecule has 0 radical (unpaired) electrons. The highest BCUT2D eigenvalue weighted by atomic mass is 32.1. The van der Waals surface area contributed by atoms with Gasteiger partial charge in [-0.2, -0.15) is 11.3 Å². The molecule has 0 fully saturated rings. The van der Waals surface area contributed by atoms with Crippen LogP contribution in [0.25, 0.3) is 0 Å². The highest BCUT2D eigenvalue weighted by Gasteiger charge is 2.32. The summed E-state index contributed by atoms with van der Waals surface area (Å²) in [5.74, 6) is 0.345. The molecule has 21 heavy (non-hydrogen) atoms. The van der Waals surface area contributed by atoms with E-state index in [0.29, 0.717) is 6.61 Å². The molecule has 1 amide bonds. The third kappa shape index (κ3) is 2.80. The number of carbonyl (C=O) groups is 1. The Hall–Kier alpha value is -1.85. The van der Waals surface area contributed by atoms with E-state index in [9.17, 15) is 9.90 Å². The zero-order valence-electron chi connectivity index (χ0n) is 11.7. The van der Waals surface area contributed by atoms with Gasteiger partial charge in [-0.3, -0.25) is 4.79 Å². The molecule has 2 N–H and O–H groups in total. The van der Waals surface area contributed by atoms with Gasteiger partial charge in [-0.15, -0.1) is 0 Å². The smallest absolute Gasteiger partial charge is 0.231 e. The summed E-state index contributed by atoms with van der Waals surface area (Å²) in [7, 11) is 0. The molecule has 0 saturated carbocycles. The van der Waals surface area contributed by atoms with Gasteiger partial charge in [-0.1, -0.05) is 18.2 Å². The normalized spacial score (nSPS) is 19.4. The second-order valence-corrected chi connectivity index (χ2v) is 6.19. The third-order valence-electron chi connectivity index (χ3n) is 3.77. The number of thiophene rings is 1. The molecule has 110 valence electrons. The van der Waals surface area contributed by atoms with Crippen molar-refractivity contribution in [1.82, 2.24) is 5.32 Å². The number of ether oxygens (including phenoxy) is 1. The number of benzene rings is 1. The predicted octanol–water partition coefficient (Wildman–Crippen LogP) is 2.25. The van der Waals surface area contributed by atoms with Gasteiger partial charge in [0.1, 0.15) is 23.9 Å². The van der Waals surface area contributed by atoms with Crippen LogP contribution < -0.4 is 10.1 Å². The lowest BCUT2D eigenvalue weighted by molar-refractivity contribution is -0.124. The van der Waals surface area contributed by atoms with Crippen molar-refractivity contribution >= 4 is 17.2 Å². The molecular weight excluding hydrogens is 286 g/mol. The minimum Gasteiger partial charge on any atom is -0.492 e. The highest BCUT2D eigenvalue weighted by Crippen LogP contribution is 2.33. The fourth-order valence-corrected chi connectivity index (χ4v) is 3.22. The number of para-hydroxylation sites is 1. The predicted molar refractivity (Wildman–Crippen MR) is 81.6 cm³/mol. The second kappa shape index (κ2) is 5.50. The van der Waals surface area contributed by atoms with Crippen LogP contribution in [0.1, 0.15) is 24.0 Å². The van der Waals surface area contributed by atoms with Crippen LogP contribution >= 0.6 is 11.3 Å². The Labute approximate surface area is 127 Å². The Morgan fingerprint density at radius 2 is 2.29 bits per heavy atom. The first-order chi connectivity index (χ1) is 10.1. The first-order valence-electron chi connectivity index (χ1n) is 6.82. The van der Waals surface area contributed by atoms with Gasteiger partial charge in [-0.25, -0.2) is 0 Å². The Balaban J connectivity index is 1.66. The average Bonchev–Trinajstić information content (AvgIpc) is 3.14. The second-order valence-electron chi connectivity index (χ2n) is 5.41. The van der Waals surface area contributed by atoms with Crippen LogP contribution in [0, 0.1) is 0 Å². The maximum absolute atomic E-state index is 12.3. The molecule has 0 saturated heterocycles. The Morgan fingerprint density at radius 1 is 1.48 bits per heavy atom. The van der Waals surface area contributed by atoms with Gasteiger partial charge in [0, 0.05) is 5.56 Å². The zero-order valence-corrected chi connectivity index (χ0v) is 12.5. The van der Waals surface area contributed by atoms with Gasteiger partial charge in [0.25, 0.3) is 0 Å². The molecule has 0 aliphatic carbocycles. The molecule has 4 nitrogen and oxygen atoms in total. The zero-order chi connectivity index (χ0) is 14.9. The van der Waals surface area contributed by atoms with E-state index in [1.807, 2.05) is 41.1 Å². The molecule has 5 heteroatoms. The molecule has 0 unspecified atom stereocenters. The summed E-state index contributed by atoms with van der Waals surface area (Å²) in [5.41, 5.74) is 0.662. The minimum atomic E-state index is -1.06. The molecule has 2 atom stereocenters. The van der Waals surface area contributed by atoms with E-state index in [2.05, 4.69) is 5.32 Å². The van der Waals surface area contributed by atoms with Crippen molar-refractivity contribution in [1.29, 1.82) is 0 Å². The van der Waals surface area contributed by atoms with Crippen molar-refractivity contribution in [3.05, 3.63) is 52.2 Å². The van der Waals surface area contributed by atoms with Crippen molar-refractivity contribution < 1.29 is 14.6 Å². The summed E-state index contributed by atoms with van der Waals surface area (Å²) in [6.45, 7) is 2.24. The number of rotatable bonds is 4. The minimum absolute atomic E-state index is 0.115. The number of carbonyl (C=O) groups excluding carboxylic acids is 1. The monoisotopic (exact) mass is 303 g/mol. The Kier molecular flexibility index (Phi) is 3.69. The van der Waals surface area contributed by atoms with E-state index in [1.54, 1.807) is 6.92 Å². The van der Waals surface area contributed by atoms with E-state index in [4.69, 9.17) is 4.74 Å². The van der Waals surface area contributed by atoms with Gasteiger partial charge < -0.3 is 15.2 Å². The van der Waals surface area contributed by atoms with Crippen molar-refractivity contribution in [2.75, 3.05) is 13.2 Å². The van der Waals surface area contributed by atoms with Crippen molar-refractivity contribution in [3.8, 4) is 5.75 Å². The van der Waals surface area contributed by atoms with E-state index in [-0.39, 0.29) is 18.4 Å². The van der Waals surface area contributed by atoms with Crippen molar-refractivity contribution in [3.63, 3.8) is 0 Å². The molecular formula is C16H17NO3S. The molecule has 1 aromatic carbocycles. The third-order valence-corrected chi connectivity index (χ3v) is 4.45. The van der Waals surface area contributed by atoms with Crippen LogP contribution in [0.3, 0.4) is 0 Å². The first-order valence-corrected chi connectivity index (χ1v) is 7.77. The quantitative estimate of drug-likeness (QED) is 0.911. The molecule has 2 heterocycles. The van der Waals surface area contributed by atoms with Crippen LogP contribution in [0.4, 0.5) is 0 Å². The molecule has 1 aliphatic rings. The maximum Gasteiger partial charge on any atom is 0.231 e. The summed E-state index contributed by atoms with van der Waals surface area (Å²) in [6, 6.07) is 9.42. The summed E-state index contributed by atoms with van der Waals surface area (Å²) in [4.78, 5) is 12.3. The number of hydrogen-bond donors (Lipinski definition) is 2. The van der Waals surface area contributed by atoms with Crippen LogP contribution in [0.15, 0.2) is 41.1 Å². The van der Waals surface area contributed by atoms with E-state index in [0.717, 1.165) is 16.9 Å². The van der Waals surface area contributed by atoms with E-state index in [1.165, 1.54) is 11.3 Å². The number of amides is 1. The lowest BCUT2D eigenvalue weighted by atomic mass is 9.97. The van der Waals surface area contributed by atoms with Gasteiger partial charge >= 0.3 is 0 Å². The van der Waals surface area contributed by atoms with Gasteiger partial charge in [0.15, 0.2) is 0 Å². The summed E-state index contributed by atoms with van der Waals surface area (Å²) < 4.78 is 5.51. The van der Waals surface area contributed by atoms with Crippen LogP contribution in [-0.2, 0) is 10.4 Å². The van der Waals surface area contributed by atoms with Gasteiger partial charge in [0.2, 0.25) is 5.91 Å². The summed E-state index contributed by atoms with van der Waals surface area (Å²) in [5, 5.41) is 17.1. The Morgan fingerprint density at radius 3 is 3.05 bits per heavy atom. The standard InChI is InChI=1S/C16H17NO3S/c1-16(19,11-6-7-21-9-11)10-17-15(18)13-8-20-14-5-3-2-4-12(13)14/h2-7,9,13,19H,8,10H2,1H3,(H,17,18)/t13-,16-/m1/s1. The average molecular weight is 303 g/mol. The largest absolute Gasteiger partial charge is 0.492 e. The molecule has 0 bridgehead atoms. The first kappa shape index (κ1) is 14.1. The molecule has 1 aliphatic heterocycles. The molecule has 2 aromatic rings. The van der Waals surface area contributed by atoms with Gasteiger partial charge in [-0.05, 0) is 35.4 Å². The number of nitrogens with one attached hydrogen (secondary N) is 1. The van der Waals surface area contributed by atoms with Gasteiger partial charge in [0.05, 0.1) is 6.54 Å².